The first-order valence-corrected chi connectivity index (χ1v) is 7.77. The molecule has 0 radical (unpaired) electrons. The minimum absolute atomic E-state index is 0.229. The van der Waals surface area contributed by atoms with Crippen LogP contribution in [0.25, 0.3) is 21.9 Å². The zero-order valence-corrected chi connectivity index (χ0v) is 13.8. The average Bonchev–Trinajstić information content (AvgIpc) is 3.00. The SMILES string of the molecule is COc1cc2cc3c(c(-c4ccc(F)cc4)c2cc1OC)C(=O)OC3. The van der Waals surface area contributed by atoms with Crippen molar-refractivity contribution < 1.29 is 23.4 Å². The number of benzene rings is 3. The van der Waals surface area contributed by atoms with Crippen molar-refractivity contribution in [3.05, 3.63) is 59.4 Å². The summed E-state index contributed by atoms with van der Waals surface area (Å²) in [6.07, 6.45) is 0. The van der Waals surface area contributed by atoms with E-state index >= 15 is 0 Å². The van der Waals surface area contributed by atoms with Gasteiger partial charge < -0.3 is 14.2 Å². The molecule has 0 amide bonds. The third kappa shape index (κ3) is 2.39. The molecule has 0 bridgehead atoms. The Bertz CT molecular complexity index is 993. The Kier molecular flexibility index (Phi) is 3.57. The molecule has 1 heterocycles. The molecule has 0 saturated carbocycles. The Morgan fingerprint density at radius 2 is 1.64 bits per heavy atom. The number of hydrogen-bond donors (Lipinski definition) is 0. The van der Waals surface area contributed by atoms with E-state index in [0.29, 0.717) is 17.1 Å². The van der Waals surface area contributed by atoms with E-state index in [0.717, 1.165) is 27.5 Å². The van der Waals surface area contributed by atoms with Gasteiger partial charge in [0, 0.05) is 11.1 Å². The Labute approximate surface area is 143 Å². The molecule has 3 aromatic rings. The number of carbonyl (C=O) groups is 1. The molecule has 1 aliphatic rings. The van der Waals surface area contributed by atoms with Crippen LogP contribution in [0.3, 0.4) is 0 Å². The zero-order valence-electron chi connectivity index (χ0n) is 13.8. The Morgan fingerprint density at radius 1 is 0.960 bits per heavy atom. The fourth-order valence-electron chi connectivity index (χ4n) is 3.26. The van der Waals surface area contributed by atoms with Crippen LogP contribution in [0.2, 0.25) is 0 Å². The minimum Gasteiger partial charge on any atom is -0.493 e. The van der Waals surface area contributed by atoms with Gasteiger partial charge in [0.25, 0.3) is 0 Å². The first-order valence-electron chi connectivity index (χ1n) is 7.77. The van der Waals surface area contributed by atoms with E-state index in [4.69, 9.17) is 14.2 Å². The molecule has 0 unspecified atom stereocenters. The van der Waals surface area contributed by atoms with Crippen LogP contribution in [0.15, 0.2) is 42.5 Å². The largest absolute Gasteiger partial charge is 0.493 e. The lowest BCUT2D eigenvalue weighted by atomic mass is 9.90. The summed E-state index contributed by atoms with van der Waals surface area (Å²) in [6.45, 7) is 0.229. The van der Waals surface area contributed by atoms with Crippen molar-refractivity contribution >= 4 is 16.7 Å². The topological polar surface area (TPSA) is 44.8 Å². The molecule has 1 aliphatic heterocycles. The highest BCUT2D eigenvalue weighted by Crippen LogP contribution is 2.42. The number of rotatable bonds is 3. The molecule has 4 nitrogen and oxygen atoms in total. The molecule has 3 aromatic carbocycles. The predicted molar refractivity (Wildman–Crippen MR) is 91.6 cm³/mol. The molecule has 0 aliphatic carbocycles. The van der Waals surface area contributed by atoms with E-state index in [1.807, 2.05) is 18.2 Å². The predicted octanol–water partition coefficient (Wildman–Crippen LogP) is 4.33. The molecule has 4 rings (SSSR count). The number of ether oxygens (including phenoxy) is 3. The fraction of sp³-hybridized carbons (Fsp3) is 0.150. The summed E-state index contributed by atoms with van der Waals surface area (Å²) in [6, 6.07) is 11.7. The third-order valence-corrected chi connectivity index (χ3v) is 4.42. The van der Waals surface area contributed by atoms with Gasteiger partial charge in [0.05, 0.1) is 19.8 Å². The van der Waals surface area contributed by atoms with Gasteiger partial charge in [-0.1, -0.05) is 12.1 Å². The minimum atomic E-state index is -0.369. The molecule has 0 atom stereocenters. The first kappa shape index (κ1) is 15.4. The number of fused-ring (bicyclic) bond motifs is 2. The smallest absolute Gasteiger partial charge is 0.339 e. The highest BCUT2D eigenvalue weighted by molar-refractivity contribution is 6.11. The van der Waals surface area contributed by atoms with Crippen LogP contribution in [0, 0.1) is 5.82 Å². The number of methoxy groups -OCH3 is 2. The lowest BCUT2D eigenvalue weighted by Gasteiger charge is -2.14. The molecule has 0 N–H and O–H groups in total. The normalized spacial score (nSPS) is 12.8. The summed E-state index contributed by atoms with van der Waals surface area (Å²) < 4.78 is 29.3. The number of carbonyl (C=O) groups excluding carboxylic acids is 1. The standard InChI is InChI=1S/C20H15FO4/c1-23-16-8-12-7-13-10-25-20(22)19(13)18(15(12)9-17(16)24-2)11-3-5-14(21)6-4-11/h3-9H,10H2,1-2H3. The van der Waals surface area contributed by atoms with Gasteiger partial charge in [0.2, 0.25) is 0 Å². The van der Waals surface area contributed by atoms with Gasteiger partial charge in [-0.3, -0.25) is 0 Å². The van der Waals surface area contributed by atoms with Crippen molar-refractivity contribution in [3.63, 3.8) is 0 Å². The second-order valence-corrected chi connectivity index (χ2v) is 5.80. The third-order valence-electron chi connectivity index (χ3n) is 4.42. The van der Waals surface area contributed by atoms with Gasteiger partial charge >= 0.3 is 5.97 Å². The van der Waals surface area contributed by atoms with Gasteiger partial charge in [-0.25, -0.2) is 9.18 Å². The summed E-state index contributed by atoms with van der Waals surface area (Å²) in [5, 5.41) is 1.72. The molecule has 5 heteroatoms. The lowest BCUT2D eigenvalue weighted by molar-refractivity contribution is 0.0535. The van der Waals surface area contributed by atoms with Crippen molar-refractivity contribution in [2.24, 2.45) is 0 Å². The summed E-state index contributed by atoms with van der Waals surface area (Å²) >= 11 is 0. The van der Waals surface area contributed by atoms with Crippen LogP contribution in [0.5, 0.6) is 11.5 Å². The molecular weight excluding hydrogens is 323 g/mol. The number of cyclic esters (lactones) is 1. The van der Waals surface area contributed by atoms with E-state index in [9.17, 15) is 9.18 Å². The van der Waals surface area contributed by atoms with E-state index in [2.05, 4.69) is 0 Å². The number of esters is 1. The summed E-state index contributed by atoms with van der Waals surface area (Å²) in [5.74, 6) is 0.461. The second-order valence-electron chi connectivity index (χ2n) is 5.80. The average molecular weight is 338 g/mol. The fourth-order valence-corrected chi connectivity index (χ4v) is 3.26. The van der Waals surface area contributed by atoms with Gasteiger partial charge in [0.1, 0.15) is 12.4 Å². The number of hydrogen-bond acceptors (Lipinski definition) is 4. The summed E-state index contributed by atoms with van der Waals surface area (Å²) in [5.41, 5.74) is 2.79. The van der Waals surface area contributed by atoms with Gasteiger partial charge in [-0.05, 0) is 46.7 Å². The van der Waals surface area contributed by atoms with Gasteiger partial charge in [-0.15, -0.1) is 0 Å². The Morgan fingerprint density at radius 3 is 2.32 bits per heavy atom. The van der Waals surface area contributed by atoms with E-state index < -0.39 is 0 Å². The molecule has 0 saturated heterocycles. The quantitative estimate of drug-likeness (QED) is 0.667. The van der Waals surface area contributed by atoms with Crippen LogP contribution in [-0.4, -0.2) is 20.2 Å². The van der Waals surface area contributed by atoms with Crippen molar-refractivity contribution in [1.29, 1.82) is 0 Å². The van der Waals surface area contributed by atoms with E-state index in [1.54, 1.807) is 26.4 Å². The zero-order chi connectivity index (χ0) is 17.6. The van der Waals surface area contributed by atoms with Crippen LogP contribution in [0.1, 0.15) is 15.9 Å². The second kappa shape index (κ2) is 5.77. The maximum atomic E-state index is 13.4. The summed E-state index contributed by atoms with van der Waals surface area (Å²) in [4.78, 5) is 12.3. The van der Waals surface area contributed by atoms with Crippen LogP contribution in [-0.2, 0) is 11.3 Å². The highest BCUT2D eigenvalue weighted by atomic mass is 19.1. The Balaban J connectivity index is 2.11. The maximum absolute atomic E-state index is 13.4. The molecule has 0 spiro atoms. The van der Waals surface area contributed by atoms with Crippen molar-refractivity contribution in [1.82, 2.24) is 0 Å². The Hall–Kier alpha value is -3.08. The van der Waals surface area contributed by atoms with Gasteiger partial charge in [0.15, 0.2) is 11.5 Å². The highest BCUT2D eigenvalue weighted by Gasteiger charge is 2.28. The maximum Gasteiger partial charge on any atom is 0.339 e. The molecule has 126 valence electrons. The van der Waals surface area contributed by atoms with E-state index in [-0.39, 0.29) is 18.4 Å². The lowest BCUT2D eigenvalue weighted by Crippen LogP contribution is -1.99. The first-order chi connectivity index (χ1) is 12.1. The van der Waals surface area contributed by atoms with E-state index in [1.165, 1.54) is 12.1 Å². The van der Waals surface area contributed by atoms with Crippen molar-refractivity contribution in [2.75, 3.05) is 14.2 Å². The molecule has 25 heavy (non-hydrogen) atoms. The number of halogens is 1. The molecule has 0 aromatic heterocycles. The van der Waals surface area contributed by atoms with Crippen molar-refractivity contribution in [2.45, 2.75) is 6.61 Å². The van der Waals surface area contributed by atoms with Crippen LogP contribution < -0.4 is 9.47 Å². The van der Waals surface area contributed by atoms with Gasteiger partial charge in [-0.2, -0.15) is 0 Å². The monoisotopic (exact) mass is 338 g/mol. The molecular formula is C20H15FO4. The summed E-state index contributed by atoms with van der Waals surface area (Å²) in [7, 11) is 3.13. The van der Waals surface area contributed by atoms with Crippen LogP contribution in [0.4, 0.5) is 4.39 Å². The van der Waals surface area contributed by atoms with Crippen LogP contribution >= 0.6 is 0 Å². The molecule has 0 fully saturated rings. The van der Waals surface area contributed by atoms with Crippen molar-refractivity contribution in [3.8, 4) is 22.6 Å².